The molecule has 1 aliphatic rings. The van der Waals surface area contributed by atoms with Gasteiger partial charge in [-0.1, -0.05) is 53.4 Å². The Morgan fingerprint density at radius 1 is 0.811 bits per heavy atom. The molecule has 6 nitrogen and oxygen atoms in total. The summed E-state index contributed by atoms with van der Waals surface area (Å²) in [5, 5.41) is 2.41. The fraction of sp³-hybridized carbons (Fsp3) is 0.414. The largest absolute Gasteiger partial charge is 0.379 e. The van der Waals surface area contributed by atoms with Crippen LogP contribution in [0.1, 0.15) is 18.9 Å². The summed E-state index contributed by atoms with van der Waals surface area (Å²) in [6.07, 6.45) is 6.57. The van der Waals surface area contributed by atoms with Gasteiger partial charge in [-0.2, -0.15) is 4.57 Å². The summed E-state index contributed by atoms with van der Waals surface area (Å²) in [5.41, 5.74) is 2.48. The van der Waals surface area contributed by atoms with Crippen molar-refractivity contribution in [1.82, 2.24) is 0 Å². The van der Waals surface area contributed by atoms with Crippen LogP contribution in [-0.4, -0.2) is 59.4 Å². The number of hydrogen-bond donors (Lipinski definition) is 0. The fourth-order valence-corrected chi connectivity index (χ4v) is 6.27. The normalized spacial score (nSPS) is 14.4. The van der Waals surface area contributed by atoms with Crippen LogP contribution in [-0.2, 0) is 25.5 Å². The van der Waals surface area contributed by atoms with E-state index in [-0.39, 0.29) is 0 Å². The third kappa shape index (κ3) is 7.89. The fourth-order valence-electron chi connectivity index (χ4n) is 4.07. The average Bonchev–Trinajstić information content (AvgIpc) is 3.45. The molecular weight excluding hydrogens is 504 g/mol. The molecule has 0 saturated heterocycles. The molecule has 1 aliphatic heterocycles. The third-order valence-electron chi connectivity index (χ3n) is 5.82. The second-order valence-corrected chi connectivity index (χ2v) is 10.4. The lowest BCUT2D eigenvalue weighted by molar-refractivity contribution is -0.670. The lowest BCUT2D eigenvalue weighted by Gasteiger charge is -2.20. The maximum Gasteiger partial charge on any atom is 0.262 e. The minimum absolute atomic E-state index is 0.622. The molecule has 0 saturated carbocycles. The smallest absolute Gasteiger partial charge is 0.262 e. The standard InChI is InChI=1S/C29H37N2O4S2/c1-3-32-20-22-34-18-16-30-24-10-5-7-12-26(24)36-28(30)14-9-15-29-31(17-19-35-23-21-33-4-2)25-11-6-8-13-27(25)37-29/h5-15H,3-4,16-23H2,1-2H3/q+1. The van der Waals surface area contributed by atoms with Gasteiger partial charge in [0, 0.05) is 36.8 Å². The molecule has 0 N–H and O–H groups in total. The van der Waals surface area contributed by atoms with Crippen molar-refractivity contribution in [2.24, 2.45) is 0 Å². The predicted molar refractivity (Wildman–Crippen MR) is 153 cm³/mol. The van der Waals surface area contributed by atoms with Crippen molar-refractivity contribution < 1.29 is 23.5 Å². The molecule has 3 aromatic rings. The van der Waals surface area contributed by atoms with Crippen molar-refractivity contribution in [1.29, 1.82) is 0 Å². The van der Waals surface area contributed by atoms with Gasteiger partial charge in [-0.15, -0.1) is 0 Å². The lowest BCUT2D eigenvalue weighted by atomic mass is 10.3. The van der Waals surface area contributed by atoms with Crippen molar-refractivity contribution >= 4 is 45.1 Å². The van der Waals surface area contributed by atoms with Crippen LogP contribution in [0.3, 0.4) is 0 Å². The molecule has 0 fully saturated rings. The molecule has 2 aromatic carbocycles. The number of para-hydroxylation sites is 2. The van der Waals surface area contributed by atoms with Crippen molar-refractivity contribution in [3.05, 3.63) is 70.7 Å². The number of thioether (sulfide) groups is 1. The Balaban J connectivity index is 1.44. The van der Waals surface area contributed by atoms with Gasteiger partial charge in [0.15, 0.2) is 6.54 Å². The maximum atomic E-state index is 5.81. The van der Waals surface area contributed by atoms with Gasteiger partial charge in [0.25, 0.3) is 5.01 Å². The van der Waals surface area contributed by atoms with Crippen LogP contribution in [0, 0.1) is 0 Å². The van der Waals surface area contributed by atoms with Gasteiger partial charge in [-0.3, -0.25) is 0 Å². The zero-order valence-corrected chi connectivity index (χ0v) is 23.4. The van der Waals surface area contributed by atoms with Crippen molar-refractivity contribution in [3.63, 3.8) is 0 Å². The van der Waals surface area contributed by atoms with E-state index in [9.17, 15) is 0 Å². The number of fused-ring (bicyclic) bond motifs is 2. The highest BCUT2D eigenvalue weighted by Crippen LogP contribution is 2.45. The molecule has 0 radical (unpaired) electrons. The summed E-state index contributed by atoms with van der Waals surface area (Å²) in [5.74, 6) is 0. The Morgan fingerprint density at radius 3 is 2.32 bits per heavy atom. The monoisotopic (exact) mass is 541 g/mol. The minimum atomic E-state index is 0.622. The first-order valence-electron chi connectivity index (χ1n) is 13.0. The first kappa shape index (κ1) is 27.8. The Kier molecular flexibility index (Phi) is 11.5. The van der Waals surface area contributed by atoms with E-state index < -0.39 is 0 Å². The van der Waals surface area contributed by atoms with Gasteiger partial charge < -0.3 is 23.8 Å². The summed E-state index contributed by atoms with van der Waals surface area (Å²) in [6, 6.07) is 17.1. The number of nitrogens with zero attached hydrogens (tertiary/aromatic N) is 2. The zero-order chi connectivity index (χ0) is 25.7. The van der Waals surface area contributed by atoms with E-state index in [1.165, 1.54) is 30.8 Å². The average molecular weight is 542 g/mol. The summed E-state index contributed by atoms with van der Waals surface area (Å²) in [4.78, 5) is 3.62. The molecule has 0 unspecified atom stereocenters. The van der Waals surface area contributed by atoms with Crippen LogP contribution in [0.4, 0.5) is 5.69 Å². The van der Waals surface area contributed by atoms with Crippen LogP contribution in [0.15, 0.2) is 70.6 Å². The molecular formula is C29H37N2O4S2+. The van der Waals surface area contributed by atoms with Crippen LogP contribution >= 0.6 is 23.1 Å². The van der Waals surface area contributed by atoms with E-state index in [2.05, 4.69) is 76.2 Å². The van der Waals surface area contributed by atoms with Gasteiger partial charge in [0.05, 0.1) is 43.8 Å². The molecule has 37 heavy (non-hydrogen) atoms. The molecule has 4 rings (SSSR count). The van der Waals surface area contributed by atoms with E-state index in [4.69, 9.17) is 18.9 Å². The second-order valence-electron chi connectivity index (χ2n) is 8.26. The molecule has 0 spiro atoms. The lowest BCUT2D eigenvalue weighted by Crippen LogP contribution is -2.37. The third-order valence-corrected chi connectivity index (χ3v) is 8.08. The first-order valence-corrected chi connectivity index (χ1v) is 14.6. The highest BCUT2D eigenvalue weighted by atomic mass is 32.2. The van der Waals surface area contributed by atoms with Crippen LogP contribution in [0.5, 0.6) is 0 Å². The predicted octanol–water partition coefficient (Wildman–Crippen LogP) is 5.76. The van der Waals surface area contributed by atoms with Crippen molar-refractivity contribution in [3.8, 4) is 0 Å². The number of rotatable bonds is 16. The molecule has 1 aromatic heterocycles. The number of anilines is 1. The molecule has 0 atom stereocenters. The Morgan fingerprint density at radius 2 is 1.51 bits per heavy atom. The maximum absolute atomic E-state index is 5.81. The van der Waals surface area contributed by atoms with Gasteiger partial charge in [-0.25, -0.2) is 0 Å². The van der Waals surface area contributed by atoms with Crippen molar-refractivity contribution in [2.45, 2.75) is 25.3 Å². The van der Waals surface area contributed by atoms with Gasteiger partial charge in [-0.05, 0) is 38.1 Å². The summed E-state index contributed by atoms with van der Waals surface area (Å²) in [7, 11) is 0. The topological polar surface area (TPSA) is 44.0 Å². The highest BCUT2D eigenvalue weighted by Gasteiger charge is 2.24. The highest BCUT2D eigenvalue weighted by molar-refractivity contribution is 8.03. The van der Waals surface area contributed by atoms with Gasteiger partial charge >= 0.3 is 0 Å². The van der Waals surface area contributed by atoms with Gasteiger partial charge in [0.2, 0.25) is 5.52 Å². The van der Waals surface area contributed by atoms with Crippen LogP contribution < -0.4 is 9.47 Å². The Bertz CT molecular complexity index is 1180. The number of hydrogen-bond acceptors (Lipinski definition) is 7. The number of ether oxygens (including phenoxy) is 4. The molecule has 0 bridgehead atoms. The molecule has 8 heteroatoms. The number of allylic oxidation sites excluding steroid dienone is 2. The molecule has 0 aliphatic carbocycles. The molecule has 2 heterocycles. The Labute approximate surface area is 228 Å². The molecule has 198 valence electrons. The number of benzene rings is 2. The first-order chi connectivity index (χ1) is 18.3. The van der Waals surface area contributed by atoms with E-state index in [1.807, 2.05) is 13.8 Å². The quantitative estimate of drug-likeness (QED) is 0.170. The summed E-state index contributed by atoms with van der Waals surface area (Å²) in [6.45, 7) is 10.9. The van der Waals surface area contributed by atoms with E-state index in [0.29, 0.717) is 39.6 Å². The van der Waals surface area contributed by atoms with Crippen LogP contribution in [0.25, 0.3) is 16.3 Å². The SMILES string of the molecule is CCOCCOCCN1/C(=C/C=C/c2sc3ccccc3[n+]2CCOCCOCC)Sc2ccccc21. The van der Waals surface area contributed by atoms with E-state index in [0.717, 1.165) is 26.3 Å². The minimum Gasteiger partial charge on any atom is -0.379 e. The summed E-state index contributed by atoms with van der Waals surface area (Å²) < 4.78 is 26.0. The van der Waals surface area contributed by atoms with Crippen molar-refractivity contribution in [2.75, 3.05) is 64.3 Å². The number of thiazole rings is 1. The van der Waals surface area contributed by atoms with Crippen LogP contribution in [0.2, 0.25) is 0 Å². The number of aromatic nitrogens is 1. The van der Waals surface area contributed by atoms with Gasteiger partial charge in [0.1, 0.15) is 11.3 Å². The zero-order valence-electron chi connectivity index (χ0n) is 21.8. The second kappa shape index (κ2) is 15.3. The van der Waals surface area contributed by atoms with E-state index in [1.54, 1.807) is 23.1 Å². The molecule has 0 amide bonds. The van der Waals surface area contributed by atoms with E-state index >= 15 is 0 Å². The Hall–Kier alpha value is -2.20. The summed E-state index contributed by atoms with van der Waals surface area (Å²) >= 11 is 3.61.